The molecule has 19 heavy (non-hydrogen) atoms. The predicted octanol–water partition coefficient (Wildman–Crippen LogP) is 2.15. The van der Waals surface area contributed by atoms with Gasteiger partial charge in [-0.15, -0.1) is 0 Å². The van der Waals surface area contributed by atoms with Crippen molar-refractivity contribution < 1.29 is 8.42 Å². The first kappa shape index (κ1) is 15.3. The van der Waals surface area contributed by atoms with Gasteiger partial charge in [0.25, 0.3) is 0 Å². The van der Waals surface area contributed by atoms with Crippen molar-refractivity contribution >= 4 is 37.5 Å². The maximum Gasteiger partial charge on any atom is 0.166 e. The van der Waals surface area contributed by atoms with Crippen LogP contribution in [0.3, 0.4) is 0 Å². The molecule has 1 aromatic rings. The Morgan fingerprint density at radius 2 is 2.32 bits per heavy atom. The summed E-state index contributed by atoms with van der Waals surface area (Å²) in [5.74, 6) is 1.85. The van der Waals surface area contributed by atoms with Crippen LogP contribution >= 0.6 is 27.7 Å². The zero-order chi connectivity index (χ0) is 13.9. The molecular formula is C12H17BrN2O2S2. The third-order valence-electron chi connectivity index (χ3n) is 3.15. The number of pyridine rings is 1. The number of aromatic nitrogens is 1. The Morgan fingerprint density at radius 3 is 3.00 bits per heavy atom. The molecule has 1 aliphatic rings. The van der Waals surface area contributed by atoms with Crippen LogP contribution in [0.2, 0.25) is 0 Å². The summed E-state index contributed by atoms with van der Waals surface area (Å²) in [6, 6.07) is 1.99. The number of halogens is 1. The van der Waals surface area contributed by atoms with E-state index in [1.165, 1.54) is 0 Å². The molecule has 0 spiro atoms. The molecule has 1 atom stereocenters. The molecule has 1 unspecified atom stereocenters. The van der Waals surface area contributed by atoms with Crippen LogP contribution in [0, 0.1) is 0 Å². The highest BCUT2D eigenvalue weighted by atomic mass is 79.9. The Balaban J connectivity index is 2.17. The fourth-order valence-corrected chi connectivity index (χ4v) is 5.59. The molecule has 1 aliphatic heterocycles. The molecule has 0 radical (unpaired) electrons. The molecule has 2 heterocycles. The lowest BCUT2D eigenvalue weighted by Crippen LogP contribution is -2.47. The van der Waals surface area contributed by atoms with Crippen molar-refractivity contribution in [1.82, 2.24) is 9.88 Å². The van der Waals surface area contributed by atoms with E-state index in [4.69, 9.17) is 0 Å². The number of nitrogens with zero attached hydrogens (tertiary/aromatic N) is 2. The van der Waals surface area contributed by atoms with Crippen molar-refractivity contribution in [3.63, 3.8) is 0 Å². The van der Waals surface area contributed by atoms with Gasteiger partial charge in [0.2, 0.25) is 0 Å². The van der Waals surface area contributed by atoms with E-state index < -0.39 is 9.84 Å². The summed E-state index contributed by atoms with van der Waals surface area (Å²) in [6.45, 7) is 3.16. The number of rotatable bonds is 4. The van der Waals surface area contributed by atoms with Crippen LogP contribution in [0.4, 0.5) is 0 Å². The third kappa shape index (κ3) is 3.93. The van der Waals surface area contributed by atoms with Gasteiger partial charge in [0, 0.05) is 47.2 Å². The first-order chi connectivity index (χ1) is 9.03. The van der Waals surface area contributed by atoms with Crippen LogP contribution in [0.5, 0.6) is 0 Å². The van der Waals surface area contributed by atoms with Crippen molar-refractivity contribution in [3.8, 4) is 0 Å². The van der Waals surface area contributed by atoms with Gasteiger partial charge in [-0.2, -0.15) is 11.8 Å². The van der Waals surface area contributed by atoms with Crippen molar-refractivity contribution in [1.29, 1.82) is 0 Å². The van der Waals surface area contributed by atoms with E-state index in [9.17, 15) is 8.42 Å². The summed E-state index contributed by atoms with van der Waals surface area (Å²) in [6.07, 6.45) is 3.53. The largest absolute Gasteiger partial charge is 0.281 e. The molecule has 0 bridgehead atoms. The predicted molar refractivity (Wildman–Crippen MR) is 82.9 cm³/mol. The highest BCUT2D eigenvalue weighted by Gasteiger charge is 2.32. The molecule has 2 rings (SSSR count). The van der Waals surface area contributed by atoms with E-state index in [-0.39, 0.29) is 11.1 Å². The topological polar surface area (TPSA) is 50.3 Å². The molecule has 106 valence electrons. The number of hydrogen-bond donors (Lipinski definition) is 0. The number of hydrogen-bond acceptors (Lipinski definition) is 5. The summed E-state index contributed by atoms with van der Waals surface area (Å²) >= 11 is 5.11. The van der Waals surface area contributed by atoms with Crippen molar-refractivity contribution in [2.75, 3.05) is 23.8 Å². The minimum Gasteiger partial charge on any atom is -0.281 e. The second-order valence-electron chi connectivity index (χ2n) is 4.46. The zero-order valence-electron chi connectivity index (χ0n) is 10.8. The van der Waals surface area contributed by atoms with E-state index >= 15 is 0 Å². The van der Waals surface area contributed by atoms with Gasteiger partial charge < -0.3 is 0 Å². The van der Waals surface area contributed by atoms with Gasteiger partial charge in [0.15, 0.2) is 9.84 Å². The summed E-state index contributed by atoms with van der Waals surface area (Å²) in [7, 11) is -3.03. The molecule has 0 amide bonds. The molecule has 4 nitrogen and oxygen atoms in total. The first-order valence-corrected chi connectivity index (χ1v) is 9.82. The maximum atomic E-state index is 12.1. The van der Waals surface area contributed by atoms with Crippen molar-refractivity contribution in [2.24, 2.45) is 0 Å². The standard InChI is InChI=1S/C12H17BrN2O2S2/c1-2-19(16,17)12-9-18-4-3-15(12)8-10-5-11(13)7-14-6-10/h5-7,12H,2-4,8-9H2,1H3. The van der Waals surface area contributed by atoms with Gasteiger partial charge in [-0.05, 0) is 27.6 Å². The Hall–Kier alpha value is -0.110. The van der Waals surface area contributed by atoms with E-state index in [0.717, 1.165) is 22.3 Å². The molecule has 0 aliphatic carbocycles. The van der Waals surface area contributed by atoms with Crippen molar-refractivity contribution in [2.45, 2.75) is 18.8 Å². The number of sulfone groups is 1. The lowest BCUT2D eigenvalue weighted by atomic mass is 10.2. The van der Waals surface area contributed by atoms with Crippen LogP contribution in [-0.4, -0.2) is 47.5 Å². The lowest BCUT2D eigenvalue weighted by Gasteiger charge is -2.34. The van der Waals surface area contributed by atoms with Crippen molar-refractivity contribution in [3.05, 3.63) is 28.5 Å². The normalized spacial score (nSPS) is 21.5. The highest BCUT2D eigenvalue weighted by molar-refractivity contribution is 9.10. The minimum atomic E-state index is -3.03. The van der Waals surface area contributed by atoms with Crippen LogP contribution < -0.4 is 0 Å². The maximum absolute atomic E-state index is 12.1. The second-order valence-corrected chi connectivity index (χ2v) is 8.98. The van der Waals surface area contributed by atoms with Gasteiger partial charge in [-0.3, -0.25) is 9.88 Å². The molecule has 0 saturated carbocycles. The molecular weight excluding hydrogens is 348 g/mol. The average Bonchev–Trinajstić information content (AvgIpc) is 2.39. The van der Waals surface area contributed by atoms with Crippen LogP contribution in [0.15, 0.2) is 22.9 Å². The molecule has 7 heteroatoms. The summed E-state index contributed by atoms with van der Waals surface area (Å²) in [5.41, 5.74) is 1.04. The Morgan fingerprint density at radius 1 is 1.53 bits per heavy atom. The fraction of sp³-hybridized carbons (Fsp3) is 0.583. The second kappa shape index (κ2) is 6.56. The van der Waals surface area contributed by atoms with Gasteiger partial charge in [0.05, 0.1) is 0 Å². The number of thioether (sulfide) groups is 1. The van der Waals surface area contributed by atoms with E-state index in [0.29, 0.717) is 12.3 Å². The SMILES string of the molecule is CCS(=O)(=O)C1CSCCN1Cc1cncc(Br)c1. The average molecular weight is 365 g/mol. The Labute approximate surface area is 127 Å². The van der Waals surface area contributed by atoms with E-state index in [1.807, 2.05) is 6.07 Å². The van der Waals surface area contributed by atoms with Gasteiger partial charge in [-0.25, -0.2) is 8.42 Å². The Kier molecular flexibility index (Phi) is 5.28. The van der Waals surface area contributed by atoms with Gasteiger partial charge >= 0.3 is 0 Å². The quantitative estimate of drug-likeness (QED) is 0.819. The highest BCUT2D eigenvalue weighted by Crippen LogP contribution is 2.23. The minimum absolute atomic E-state index is 0.200. The molecule has 0 aromatic carbocycles. The lowest BCUT2D eigenvalue weighted by molar-refractivity contribution is 0.261. The van der Waals surface area contributed by atoms with E-state index in [2.05, 4.69) is 25.8 Å². The van der Waals surface area contributed by atoms with Gasteiger partial charge in [0.1, 0.15) is 5.37 Å². The van der Waals surface area contributed by atoms with Crippen LogP contribution in [-0.2, 0) is 16.4 Å². The smallest absolute Gasteiger partial charge is 0.166 e. The fourth-order valence-electron chi connectivity index (χ4n) is 2.10. The summed E-state index contributed by atoms with van der Waals surface area (Å²) < 4.78 is 25.2. The monoisotopic (exact) mass is 364 g/mol. The van der Waals surface area contributed by atoms with Gasteiger partial charge in [-0.1, -0.05) is 6.92 Å². The molecule has 1 saturated heterocycles. The molecule has 0 N–H and O–H groups in total. The molecule has 1 fully saturated rings. The third-order valence-corrected chi connectivity index (χ3v) is 6.92. The summed E-state index contributed by atoms with van der Waals surface area (Å²) in [5, 5.41) is -0.366. The van der Waals surface area contributed by atoms with E-state index in [1.54, 1.807) is 31.1 Å². The molecule has 1 aromatic heterocycles. The summed E-state index contributed by atoms with van der Waals surface area (Å²) in [4.78, 5) is 6.18. The zero-order valence-corrected chi connectivity index (χ0v) is 14.0. The Bertz CT molecular complexity index is 536. The van der Waals surface area contributed by atoms with Crippen LogP contribution in [0.1, 0.15) is 12.5 Å². The first-order valence-electron chi connectivity index (χ1n) is 6.15. The van der Waals surface area contributed by atoms with Crippen LogP contribution in [0.25, 0.3) is 0 Å².